The van der Waals surface area contributed by atoms with Gasteiger partial charge in [-0.15, -0.1) is 23.7 Å². The van der Waals surface area contributed by atoms with Crippen LogP contribution in [0.4, 0.5) is 15.9 Å². The van der Waals surface area contributed by atoms with E-state index in [1.54, 1.807) is 6.92 Å². The summed E-state index contributed by atoms with van der Waals surface area (Å²) in [7, 11) is 3.98. The van der Waals surface area contributed by atoms with Crippen LogP contribution in [-0.4, -0.2) is 66.5 Å². The molecular weight excluding hydrogens is 507 g/mol. The summed E-state index contributed by atoms with van der Waals surface area (Å²) in [5.74, 6) is -0.333. The van der Waals surface area contributed by atoms with Crippen molar-refractivity contribution in [3.63, 3.8) is 0 Å². The Balaban J connectivity index is 0.00000456. The van der Waals surface area contributed by atoms with Crippen LogP contribution in [0.2, 0.25) is 0 Å². The van der Waals surface area contributed by atoms with E-state index in [9.17, 15) is 14.0 Å². The summed E-state index contributed by atoms with van der Waals surface area (Å²) in [5.41, 5.74) is 1.18. The first-order chi connectivity index (χ1) is 16.7. The van der Waals surface area contributed by atoms with E-state index in [0.29, 0.717) is 39.7 Å². The zero-order chi connectivity index (χ0) is 25.5. The number of ether oxygens (including phenoxy) is 1. The molecule has 0 saturated carbocycles. The van der Waals surface area contributed by atoms with Crippen LogP contribution in [0.25, 0.3) is 10.2 Å². The third-order valence-corrected chi connectivity index (χ3v) is 6.42. The second kappa shape index (κ2) is 13.3. The van der Waals surface area contributed by atoms with E-state index in [1.807, 2.05) is 27.9 Å². The van der Waals surface area contributed by atoms with Crippen LogP contribution in [0.1, 0.15) is 35.5 Å². The van der Waals surface area contributed by atoms with Crippen LogP contribution in [0, 0.1) is 12.7 Å². The summed E-state index contributed by atoms with van der Waals surface area (Å²) in [6.45, 7) is 7.16. The van der Waals surface area contributed by atoms with E-state index in [1.165, 1.54) is 35.9 Å². The van der Waals surface area contributed by atoms with E-state index in [4.69, 9.17) is 4.74 Å². The standard InChI is InChI=1S/C24H31FN6O3S.ClH/c1-6-26-22(32)15(3)34-18-12-16(25)8-9-17(18)30-21-19-14(2)20(35-24(19)29-13-28-21)23(33)27-10-7-11-31(4)5;/h8-9,12-13,15H,6-7,10-11H2,1-5H3,(H,26,32)(H,27,33)(H,28,29,30);1H. The van der Waals surface area contributed by atoms with E-state index < -0.39 is 11.9 Å². The van der Waals surface area contributed by atoms with Crippen LogP contribution in [-0.2, 0) is 4.79 Å². The largest absolute Gasteiger partial charge is 0.479 e. The molecule has 196 valence electrons. The molecule has 1 atom stereocenters. The van der Waals surface area contributed by atoms with Gasteiger partial charge in [0.15, 0.2) is 6.10 Å². The predicted molar refractivity (Wildman–Crippen MR) is 143 cm³/mol. The van der Waals surface area contributed by atoms with Crippen molar-refractivity contribution in [3.8, 4) is 5.75 Å². The lowest BCUT2D eigenvalue weighted by atomic mass is 10.2. The monoisotopic (exact) mass is 538 g/mol. The molecule has 36 heavy (non-hydrogen) atoms. The Morgan fingerprint density at radius 2 is 1.97 bits per heavy atom. The zero-order valence-electron chi connectivity index (χ0n) is 21.0. The van der Waals surface area contributed by atoms with Crippen molar-refractivity contribution >= 4 is 57.3 Å². The van der Waals surface area contributed by atoms with Gasteiger partial charge in [-0.3, -0.25) is 9.59 Å². The molecule has 3 rings (SSSR count). The van der Waals surface area contributed by atoms with Crippen LogP contribution in [0.5, 0.6) is 5.75 Å². The number of nitrogens with one attached hydrogen (secondary N) is 3. The van der Waals surface area contributed by atoms with Gasteiger partial charge in [-0.1, -0.05) is 0 Å². The maximum absolute atomic E-state index is 14.0. The van der Waals surface area contributed by atoms with Crippen LogP contribution < -0.4 is 20.7 Å². The minimum Gasteiger partial charge on any atom is -0.479 e. The quantitative estimate of drug-likeness (QED) is 0.318. The number of aromatic nitrogens is 2. The number of hydrogen-bond acceptors (Lipinski definition) is 8. The van der Waals surface area contributed by atoms with Gasteiger partial charge in [-0.05, 0) is 65.5 Å². The van der Waals surface area contributed by atoms with Gasteiger partial charge in [0.05, 0.1) is 16.0 Å². The fraction of sp³-hybridized carbons (Fsp3) is 0.417. The Kier molecular flexibility index (Phi) is 10.8. The normalized spacial score (nSPS) is 11.6. The molecule has 0 radical (unpaired) electrons. The second-order valence-electron chi connectivity index (χ2n) is 8.29. The molecule has 0 aliphatic rings. The number of fused-ring (bicyclic) bond motifs is 1. The number of benzene rings is 1. The number of rotatable bonds is 11. The minimum absolute atomic E-state index is 0. The number of thiophene rings is 1. The van der Waals surface area contributed by atoms with E-state index in [0.717, 1.165) is 18.5 Å². The lowest BCUT2D eigenvalue weighted by Gasteiger charge is -2.18. The molecule has 1 aromatic carbocycles. The molecule has 9 nitrogen and oxygen atoms in total. The summed E-state index contributed by atoms with van der Waals surface area (Å²) in [5, 5.41) is 9.51. The third kappa shape index (κ3) is 7.25. The maximum atomic E-state index is 14.0. The van der Waals surface area contributed by atoms with Gasteiger partial charge in [-0.2, -0.15) is 0 Å². The first-order valence-electron chi connectivity index (χ1n) is 11.4. The molecule has 0 bridgehead atoms. The zero-order valence-corrected chi connectivity index (χ0v) is 22.6. The molecule has 0 aliphatic carbocycles. The highest BCUT2D eigenvalue weighted by molar-refractivity contribution is 7.20. The Labute approximate surface area is 220 Å². The SMILES string of the molecule is CCNC(=O)C(C)Oc1cc(F)ccc1Nc1ncnc2sc(C(=O)NCCCN(C)C)c(C)c12.Cl. The molecule has 0 saturated heterocycles. The number of aryl methyl sites for hydroxylation is 1. The minimum atomic E-state index is -0.826. The number of hydrogen-bond donors (Lipinski definition) is 3. The van der Waals surface area contributed by atoms with E-state index >= 15 is 0 Å². The average molecular weight is 539 g/mol. The molecule has 1 unspecified atom stereocenters. The Bertz CT molecular complexity index is 1210. The molecule has 2 heterocycles. The van der Waals surface area contributed by atoms with Crippen molar-refractivity contribution < 1.29 is 18.7 Å². The topological polar surface area (TPSA) is 108 Å². The van der Waals surface area contributed by atoms with Gasteiger partial charge in [0.1, 0.15) is 28.5 Å². The molecule has 3 N–H and O–H groups in total. The van der Waals surface area contributed by atoms with Crippen molar-refractivity contribution in [1.82, 2.24) is 25.5 Å². The maximum Gasteiger partial charge on any atom is 0.261 e. The summed E-state index contributed by atoms with van der Waals surface area (Å²) in [6, 6.07) is 4.02. The molecule has 0 fully saturated rings. The van der Waals surface area contributed by atoms with Gasteiger partial charge in [0, 0.05) is 19.2 Å². The number of anilines is 2. The van der Waals surface area contributed by atoms with Gasteiger partial charge >= 0.3 is 0 Å². The highest BCUT2D eigenvalue weighted by Gasteiger charge is 2.21. The molecule has 12 heteroatoms. The van der Waals surface area contributed by atoms with Crippen molar-refractivity contribution in [3.05, 3.63) is 40.8 Å². The van der Waals surface area contributed by atoms with Crippen molar-refractivity contribution in [2.45, 2.75) is 33.3 Å². The number of likely N-dealkylation sites (N-methyl/N-ethyl adjacent to an activating group) is 1. The third-order valence-electron chi connectivity index (χ3n) is 5.22. The predicted octanol–water partition coefficient (Wildman–Crippen LogP) is 3.89. The molecule has 2 amide bonds. The van der Waals surface area contributed by atoms with E-state index in [2.05, 4.69) is 30.8 Å². The lowest BCUT2D eigenvalue weighted by molar-refractivity contribution is -0.127. The molecule has 0 spiro atoms. The van der Waals surface area contributed by atoms with Crippen LogP contribution in [0.3, 0.4) is 0 Å². The van der Waals surface area contributed by atoms with Crippen LogP contribution >= 0.6 is 23.7 Å². The summed E-state index contributed by atoms with van der Waals surface area (Å²) in [4.78, 5) is 36.9. The molecular formula is C24H32ClFN6O3S. The number of carbonyl (C=O) groups excluding carboxylic acids is 2. The molecule has 3 aromatic rings. The second-order valence-corrected chi connectivity index (χ2v) is 9.29. The Morgan fingerprint density at radius 3 is 2.67 bits per heavy atom. The number of nitrogens with zero attached hydrogens (tertiary/aromatic N) is 3. The number of amides is 2. The van der Waals surface area contributed by atoms with Gasteiger partial charge in [0.2, 0.25) is 0 Å². The fourth-order valence-corrected chi connectivity index (χ4v) is 4.51. The van der Waals surface area contributed by atoms with Crippen molar-refractivity contribution in [2.75, 3.05) is 39.0 Å². The highest BCUT2D eigenvalue weighted by atomic mass is 35.5. The number of carbonyl (C=O) groups is 2. The summed E-state index contributed by atoms with van der Waals surface area (Å²) >= 11 is 1.29. The molecule has 2 aromatic heterocycles. The molecule has 0 aliphatic heterocycles. The fourth-order valence-electron chi connectivity index (χ4n) is 3.45. The van der Waals surface area contributed by atoms with Crippen molar-refractivity contribution in [1.29, 1.82) is 0 Å². The van der Waals surface area contributed by atoms with E-state index in [-0.39, 0.29) is 30.0 Å². The van der Waals surface area contributed by atoms with Gasteiger partial charge in [-0.25, -0.2) is 14.4 Å². The lowest BCUT2D eigenvalue weighted by Crippen LogP contribution is -2.36. The van der Waals surface area contributed by atoms with Gasteiger partial charge in [0.25, 0.3) is 11.8 Å². The van der Waals surface area contributed by atoms with Crippen LogP contribution in [0.15, 0.2) is 24.5 Å². The Morgan fingerprint density at radius 1 is 1.22 bits per heavy atom. The first kappa shape index (κ1) is 29.2. The Hall–Kier alpha value is -3.02. The van der Waals surface area contributed by atoms with Gasteiger partial charge < -0.3 is 25.6 Å². The summed E-state index contributed by atoms with van der Waals surface area (Å²) < 4.78 is 19.7. The van der Waals surface area contributed by atoms with Crippen molar-refractivity contribution in [2.24, 2.45) is 0 Å². The first-order valence-corrected chi connectivity index (χ1v) is 12.2. The smallest absolute Gasteiger partial charge is 0.261 e. The number of halogens is 2. The summed E-state index contributed by atoms with van der Waals surface area (Å²) in [6.07, 6.45) is 1.42. The highest BCUT2D eigenvalue weighted by Crippen LogP contribution is 2.36. The average Bonchev–Trinajstić information content (AvgIpc) is 3.15.